The number of nitrogen functional groups attached to an aromatic ring is 1. The van der Waals surface area contributed by atoms with E-state index in [9.17, 15) is 4.79 Å². The number of hydrogen-bond donors (Lipinski definition) is 1. The number of fused-ring (bicyclic) bond motifs is 1. The van der Waals surface area contributed by atoms with Crippen molar-refractivity contribution in [2.45, 2.75) is 57.8 Å². The van der Waals surface area contributed by atoms with Crippen molar-refractivity contribution in [3.63, 3.8) is 0 Å². The Morgan fingerprint density at radius 2 is 1.95 bits per heavy atom. The van der Waals surface area contributed by atoms with Crippen molar-refractivity contribution in [2.75, 3.05) is 17.2 Å². The van der Waals surface area contributed by atoms with Crippen LogP contribution in [0.1, 0.15) is 56.9 Å². The van der Waals surface area contributed by atoms with Crippen LogP contribution in [0.4, 0.5) is 11.4 Å². The average Bonchev–Trinajstić information content (AvgIpc) is 2.53. The molecule has 2 N–H and O–H groups in total. The second-order valence-electron chi connectivity index (χ2n) is 6.54. The molecule has 1 heterocycles. The second-order valence-corrected chi connectivity index (χ2v) is 6.54. The number of nitrogens with two attached hydrogens (primary N) is 1. The second kappa shape index (κ2) is 7.87. The summed E-state index contributed by atoms with van der Waals surface area (Å²) in [5.41, 5.74) is 9.10. The van der Waals surface area contributed by atoms with Crippen molar-refractivity contribution in [1.82, 2.24) is 0 Å². The molecule has 0 unspecified atom stereocenters. The number of hydrogen-bond acceptors (Lipinski definition) is 2. The van der Waals surface area contributed by atoms with Gasteiger partial charge in [0.25, 0.3) is 0 Å². The molecule has 1 aromatic rings. The van der Waals surface area contributed by atoms with Gasteiger partial charge in [0.15, 0.2) is 0 Å². The maximum Gasteiger partial charge on any atom is 0.226 e. The molecule has 122 valence electrons. The maximum absolute atomic E-state index is 12.6. The quantitative estimate of drug-likeness (QED) is 0.842. The first-order valence-electron chi connectivity index (χ1n) is 8.43. The number of rotatable bonds is 3. The average molecular weight is 323 g/mol. The van der Waals surface area contributed by atoms with Gasteiger partial charge in [0.1, 0.15) is 0 Å². The molecular formula is C18H27ClN2O. The van der Waals surface area contributed by atoms with Crippen molar-refractivity contribution in [3.05, 3.63) is 23.8 Å². The molecule has 0 radical (unpaired) electrons. The number of halogens is 1. The predicted octanol–water partition coefficient (Wildman–Crippen LogP) is 4.33. The SMILES string of the molecule is Cl.Nc1cccc2c1CCCN2C(=O)CCC1CCCCC1. The van der Waals surface area contributed by atoms with Crippen molar-refractivity contribution in [3.8, 4) is 0 Å². The van der Waals surface area contributed by atoms with Gasteiger partial charge in [-0.3, -0.25) is 4.79 Å². The summed E-state index contributed by atoms with van der Waals surface area (Å²) in [6.07, 6.45) is 10.5. The van der Waals surface area contributed by atoms with Crippen LogP contribution in [0.5, 0.6) is 0 Å². The predicted molar refractivity (Wildman–Crippen MR) is 94.6 cm³/mol. The van der Waals surface area contributed by atoms with E-state index >= 15 is 0 Å². The summed E-state index contributed by atoms with van der Waals surface area (Å²) >= 11 is 0. The number of benzene rings is 1. The molecule has 2 aliphatic rings. The molecule has 1 saturated carbocycles. The first kappa shape index (κ1) is 17.1. The summed E-state index contributed by atoms with van der Waals surface area (Å²) in [5.74, 6) is 1.06. The standard InChI is InChI=1S/C18H26N2O.ClH/c19-16-9-4-10-17-15(16)8-5-13-20(17)18(21)12-11-14-6-2-1-3-7-14;/h4,9-10,14H,1-3,5-8,11-13,19H2;1H. The molecule has 1 aromatic carbocycles. The number of anilines is 2. The van der Waals surface area contributed by atoms with Crippen molar-refractivity contribution in [1.29, 1.82) is 0 Å². The van der Waals surface area contributed by atoms with Crippen LogP contribution in [0.3, 0.4) is 0 Å². The Morgan fingerprint density at radius 1 is 1.18 bits per heavy atom. The van der Waals surface area contributed by atoms with Crippen LogP contribution in [0, 0.1) is 5.92 Å². The van der Waals surface area contributed by atoms with Gasteiger partial charge in [-0.25, -0.2) is 0 Å². The normalized spacial score (nSPS) is 18.5. The molecule has 0 atom stereocenters. The van der Waals surface area contributed by atoms with Gasteiger partial charge in [-0.05, 0) is 42.9 Å². The third kappa shape index (κ3) is 3.75. The molecule has 1 amide bonds. The summed E-state index contributed by atoms with van der Waals surface area (Å²) in [6, 6.07) is 5.94. The Labute approximate surface area is 139 Å². The van der Waals surface area contributed by atoms with Gasteiger partial charge in [-0.2, -0.15) is 0 Å². The topological polar surface area (TPSA) is 46.3 Å². The van der Waals surface area contributed by atoms with E-state index in [-0.39, 0.29) is 18.3 Å². The van der Waals surface area contributed by atoms with Gasteiger partial charge in [-0.15, -0.1) is 12.4 Å². The fourth-order valence-corrected chi connectivity index (χ4v) is 3.85. The van der Waals surface area contributed by atoms with Crippen molar-refractivity contribution >= 4 is 29.7 Å². The first-order valence-corrected chi connectivity index (χ1v) is 8.43. The van der Waals surface area contributed by atoms with E-state index in [0.717, 1.165) is 48.7 Å². The van der Waals surface area contributed by atoms with Gasteiger partial charge >= 0.3 is 0 Å². The lowest BCUT2D eigenvalue weighted by Crippen LogP contribution is -2.35. The molecule has 0 bridgehead atoms. The number of amides is 1. The maximum atomic E-state index is 12.6. The third-order valence-corrected chi connectivity index (χ3v) is 5.08. The Kier molecular flexibility index (Phi) is 6.13. The number of carbonyl (C=O) groups excluding carboxylic acids is 1. The molecule has 0 spiro atoms. The zero-order chi connectivity index (χ0) is 14.7. The lowest BCUT2D eigenvalue weighted by Gasteiger charge is -2.31. The van der Waals surface area contributed by atoms with Crippen LogP contribution in [0.25, 0.3) is 0 Å². The summed E-state index contributed by atoms with van der Waals surface area (Å²) in [4.78, 5) is 14.6. The van der Waals surface area contributed by atoms with Crippen LogP contribution in [0.15, 0.2) is 18.2 Å². The molecular weight excluding hydrogens is 296 g/mol. The highest BCUT2D eigenvalue weighted by atomic mass is 35.5. The monoisotopic (exact) mass is 322 g/mol. The zero-order valence-corrected chi connectivity index (χ0v) is 14.0. The minimum atomic E-state index is 0. The Hall–Kier alpha value is -1.22. The Morgan fingerprint density at radius 3 is 2.73 bits per heavy atom. The molecule has 3 nitrogen and oxygen atoms in total. The van der Waals surface area contributed by atoms with E-state index in [2.05, 4.69) is 0 Å². The highest BCUT2D eigenvalue weighted by Gasteiger charge is 2.24. The van der Waals surface area contributed by atoms with E-state index < -0.39 is 0 Å². The van der Waals surface area contributed by atoms with Crippen LogP contribution in [0.2, 0.25) is 0 Å². The van der Waals surface area contributed by atoms with Gasteiger partial charge in [0.2, 0.25) is 5.91 Å². The molecule has 0 saturated heterocycles. The van der Waals surface area contributed by atoms with Crippen LogP contribution >= 0.6 is 12.4 Å². The number of carbonyl (C=O) groups is 1. The lowest BCUT2D eigenvalue weighted by molar-refractivity contribution is -0.119. The van der Waals surface area contributed by atoms with Gasteiger partial charge in [-0.1, -0.05) is 38.2 Å². The van der Waals surface area contributed by atoms with Crippen LogP contribution in [-0.2, 0) is 11.2 Å². The van der Waals surface area contributed by atoms with Gasteiger partial charge in [0, 0.05) is 24.3 Å². The Balaban J connectivity index is 0.00000176. The molecule has 0 aromatic heterocycles. The van der Waals surface area contributed by atoms with E-state index in [0.29, 0.717) is 6.42 Å². The molecule has 4 heteroatoms. The number of nitrogens with zero attached hydrogens (tertiary/aromatic N) is 1. The summed E-state index contributed by atoms with van der Waals surface area (Å²) in [7, 11) is 0. The molecule has 1 fully saturated rings. The van der Waals surface area contributed by atoms with Crippen molar-refractivity contribution in [2.24, 2.45) is 5.92 Å². The lowest BCUT2D eigenvalue weighted by atomic mass is 9.86. The largest absolute Gasteiger partial charge is 0.398 e. The highest BCUT2D eigenvalue weighted by Crippen LogP contribution is 2.33. The highest BCUT2D eigenvalue weighted by molar-refractivity contribution is 5.95. The summed E-state index contributed by atoms with van der Waals surface area (Å²) in [6.45, 7) is 0.847. The molecule has 3 rings (SSSR count). The van der Waals surface area contributed by atoms with Crippen molar-refractivity contribution < 1.29 is 4.79 Å². The summed E-state index contributed by atoms with van der Waals surface area (Å²) in [5, 5.41) is 0. The smallest absolute Gasteiger partial charge is 0.226 e. The minimum Gasteiger partial charge on any atom is -0.398 e. The summed E-state index contributed by atoms with van der Waals surface area (Å²) < 4.78 is 0. The molecule has 1 aliphatic carbocycles. The fraction of sp³-hybridized carbons (Fsp3) is 0.611. The van der Waals surface area contributed by atoms with Crippen LogP contribution < -0.4 is 10.6 Å². The minimum absolute atomic E-state index is 0. The van der Waals surface area contributed by atoms with Gasteiger partial charge in [0.05, 0.1) is 0 Å². The van der Waals surface area contributed by atoms with E-state index in [1.807, 2.05) is 23.1 Å². The molecule has 22 heavy (non-hydrogen) atoms. The first-order chi connectivity index (χ1) is 10.3. The van der Waals surface area contributed by atoms with E-state index in [4.69, 9.17) is 5.73 Å². The van der Waals surface area contributed by atoms with E-state index in [1.165, 1.54) is 32.1 Å². The van der Waals surface area contributed by atoms with Crippen LogP contribution in [-0.4, -0.2) is 12.5 Å². The van der Waals surface area contributed by atoms with Gasteiger partial charge < -0.3 is 10.6 Å². The van der Waals surface area contributed by atoms with E-state index in [1.54, 1.807) is 0 Å². The third-order valence-electron chi connectivity index (χ3n) is 5.08. The Bertz CT molecular complexity index is 512. The fourth-order valence-electron chi connectivity index (χ4n) is 3.85. The zero-order valence-electron chi connectivity index (χ0n) is 13.2. The molecule has 1 aliphatic heterocycles.